The minimum Gasteiger partial charge on any atom is -0.468 e. The Hall–Kier alpha value is -0.650. The highest BCUT2D eigenvalue weighted by Gasteiger charge is 2.32. The molecule has 0 amide bonds. The van der Waals surface area contributed by atoms with Gasteiger partial charge in [-0.15, -0.1) is 0 Å². The van der Waals surface area contributed by atoms with E-state index >= 15 is 0 Å². The first-order valence-corrected chi connectivity index (χ1v) is 6.13. The van der Waals surface area contributed by atoms with Crippen molar-refractivity contribution in [3.05, 3.63) is 0 Å². The van der Waals surface area contributed by atoms with Crippen LogP contribution in [0.3, 0.4) is 0 Å². The van der Waals surface area contributed by atoms with Gasteiger partial charge in [0.2, 0.25) is 0 Å². The summed E-state index contributed by atoms with van der Waals surface area (Å²) in [7, 11) is 5.52. The van der Waals surface area contributed by atoms with Gasteiger partial charge in [0.1, 0.15) is 5.54 Å². The van der Waals surface area contributed by atoms with E-state index in [-0.39, 0.29) is 5.97 Å². The number of methoxy groups -OCH3 is 1. The molecule has 2 N–H and O–H groups in total. The van der Waals surface area contributed by atoms with Gasteiger partial charge in [0, 0.05) is 19.1 Å². The van der Waals surface area contributed by atoms with Gasteiger partial charge < -0.3 is 20.3 Å². The minimum atomic E-state index is -0.930. The summed E-state index contributed by atoms with van der Waals surface area (Å²) >= 11 is 0. The molecule has 0 radical (unpaired) electrons. The van der Waals surface area contributed by atoms with E-state index < -0.39 is 5.54 Å². The number of nitrogens with zero attached hydrogens (tertiary/aromatic N) is 2. The largest absolute Gasteiger partial charge is 0.468 e. The average molecular weight is 243 g/mol. The van der Waals surface area contributed by atoms with Crippen molar-refractivity contribution in [3.63, 3.8) is 0 Å². The van der Waals surface area contributed by atoms with Crippen LogP contribution in [0.15, 0.2) is 0 Å². The molecule has 100 valence electrons. The van der Waals surface area contributed by atoms with E-state index in [1.807, 2.05) is 7.05 Å². The summed E-state index contributed by atoms with van der Waals surface area (Å²) in [5.74, 6) is -0.357. The Bertz CT molecular complexity index is 268. The SMILES string of the molecule is COC(=O)C(C)(N)CN(C)CC1CCCN1C. The Labute approximate surface area is 104 Å². The molecule has 0 aromatic rings. The number of nitrogens with two attached hydrogens (primary N) is 1. The van der Waals surface area contributed by atoms with Gasteiger partial charge in [-0.05, 0) is 40.4 Å². The fourth-order valence-corrected chi connectivity index (χ4v) is 2.49. The van der Waals surface area contributed by atoms with Gasteiger partial charge >= 0.3 is 5.97 Å². The Morgan fingerprint density at radius 3 is 2.76 bits per heavy atom. The van der Waals surface area contributed by atoms with E-state index in [9.17, 15) is 4.79 Å². The molecule has 1 rings (SSSR count). The van der Waals surface area contributed by atoms with E-state index in [0.717, 1.165) is 13.1 Å². The van der Waals surface area contributed by atoms with E-state index in [2.05, 4.69) is 16.8 Å². The summed E-state index contributed by atoms with van der Waals surface area (Å²) in [5, 5.41) is 0. The number of likely N-dealkylation sites (N-methyl/N-ethyl adjacent to an activating group) is 2. The Morgan fingerprint density at radius 2 is 2.29 bits per heavy atom. The molecule has 0 saturated carbocycles. The highest BCUT2D eigenvalue weighted by molar-refractivity contribution is 5.80. The number of ether oxygens (including phenoxy) is 1. The van der Waals surface area contributed by atoms with Gasteiger partial charge in [0.25, 0.3) is 0 Å². The highest BCUT2D eigenvalue weighted by atomic mass is 16.5. The molecule has 1 saturated heterocycles. The first-order valence-electron chi connectivity index (χ1n) is 6.13. The lowest BCUT2D eigenvalue weighted by Gasteiger charge is -2.31. The molecule has 0 aromatic carbocycles. The van der Waals surface area contributed by atoms with Crippen molar-refractivity contribution in [1.29, 1.82) is 0 Å². The van der Waals surface area contributed by atoms with Crippen LogP contribution in [-0.2, 0) is 9.53 Å². The normalized spacial score (nSPS) is 24.9. The summed E-state index contributed by atoms with van der Waals surface area (Å²) in [4.78, 5) is 16.0. The monoisotopic (exact) mass is 243 g/mol. The first kappa shape index (κ1) is 14.4. The molecule has 0 aromatic heterocycles. The topological polar surface area (TPSA) is 58.8 Å². The molecule has 2 unspecified atom stereocenters. The fraction of sp³-hybridized carbons (Fsp3) is 0.917. The molecule has 1 heterocycles. The second-order valence-electron chi connectivity index (χ2n) is 5.38. The first-order chi connectivity index (χ1) is 7.86. The summed E-state index contributed by atoms with van der Waals surface area (Å²) < 4.78 is 4.71. The van der Waals surface area contributed by atoms with Crippen LogP contribution in [0, 0.1) is 0 Å². The van der Waals surface area contributed by atoms with Crippen LogP contribution in [0.1, 0.15) is 19.8 Å². The zero-order valence-electron chi connectivity index (χ0n) is 11.4. The lowest BCUT2D eigenvalue weighted by molar-refractivity contribution is -0.147. The van der Waals surface area contributed by atoms with E-state index in [0.29, 0.717) is 12.6 Å². The Balaban J connectivity index is 2.43. The number of rotatable bonds is 5. The summed E-state index contributed by atoms with van der Waals surface area (Å²) in [6.07, 6.45) is 2.48. The van der Waals surface area contributed by atoms with Crippen molar-refractivity contribution in [2.24, 2.45) is 5.73 Å². The molecular formula is C12H25N3O2. The van der Waals surface area contributed by atoms with Gasteiger partial charge in [0.15, 0.2) is 0 Å². The molecule has 1 fully saturated rings. The predicted molar refractivity (Wildman–Crippen MR) is 67.8 cm³/mol. The fourth-order valence-electron chi connectivity index (χ4n) is 2.49. The van der Waals surface area contributed by atoms with Gasteiger partial charge in [-0.25, -0.2) is 0 Å². The van der Waals surface area contributed by atoms with E-state index in [4.69, 9.17) is 10.5 Å². The van der Waals surface area contributed by atoms with Crippen LogP contribution in [0.2, 0.25) is 0 Å². The minimum absolute atomic E-state index is 0.357. The van der Waals surface area contributed by atoms with Gasteiger partial charge in [-0.3, -0.25) is 4.79 Å². The molecule has 1 aliphatic rings. The van der Waals surface area contributed by atoms with Gasteiger partial charge in [-0.1, -0.05) is 0 Å². The summed E-state index contributed by atoms with van der Waals surface area (Å²) in [6, 6.07) is 0.577. The number of likely N-dealkylation sites (tertiary alicyclic amines) is 1. The third kappa shape index (κ3) is 3.94. The molecular weight excluding hydrogens is 218 g/mol. The maximum absolute atomic E-state index is 11.5. The molecule has 0 aliphatic carbocycles. The molecule has 5 heteroatoms. The zero-order valence-corrected chi connectivity index (χ0v) is 11.4. The maximum atomic E-state index is 11.5. The highest BCUT2D eigenvalue weighted by Crippen LogP contribution is 2.16. The lowest BCUT2D eigenvalue weighted by atomic mass is 10.0. The number of esters is 1. The lowest BCUT2D eigenvalue weighted by Crippen LogP contribution is -2.54. The molecule has 1 aliphatic heterocycles. The second kappa shape index (κ2) is 5.80. The average Bonchev–Trinajstić information content (AvgIpc) is 2.62. The predicted octanol–water partition coefficient (Wildman–Crippen LogP) is -0.0972. The van der Waals surface area contributed by atoms with Crippen molar-refractivity contribution < 1.29 is 9.53 Å². The number of carbonyl (C=O) groups is 1. The van der Waals surface area contributed by atoms with Crippen molar-refractivity contribution in [2.75, 3.05) is 40.8 Å². The standard InChI is InChI=1S/C12H25N3O2/c1-12(13,11(16)17-4)9-14(2)8-10-6-5-7-15(10)3/h10H,5-9,13H2,1-4H3. The molecule has 0 spiro atoms. The molecule has 2 atom stereocenters. The second-order valence-corrected chi connectivity index (χ2v) is 5.38. The number of hydrogen-bond acceptors (Lipinski definition) is 5. The van der Waals surface area contributed by atoms with Crippen LogP contribution in [0.25, 0.3) is 0 Å². The van der Waals surface area contributed by atoms with Crippen LogP contribution < -0.4 is 5.73 Å². The number of carbonyl (C=O) groups excluding carboxylic acids is 1. The van der Waals surface area contributed by atoms with Crippen molar-refractivity contribution >= 4 is 5.97 Å². The molecule has 5 nitrogen and oxygen atoms in total. The summed E-state index contributed by atoms with van der Waals surface area (Å²) in [5.41, 5.74) is 5.02. The smallest absolute Gasteiger partial charge is 0.326 e. The zero-order chi connectivity index (χ0) is 13.1. The van der Waals surface area contributed by atoms with Crippen LogP contribution in [-0.4, -0.2) is 68.2 Å². The maximum Gasteiger partial charge on any atom is 0.326 e. The summed E-state index contributed by atoms with van der Waals surface area (Å²) in [6.45, 7) is 4.34. The van der Waals surface area contributed by atoms with Crippen molar-refractivity contribution in [2.45, 2.75) is 31.3 Å². The Kier molecular flexibility index (Phi) is 4.91. The van der Waals surface area contributed by atoms with Gasteiger partial charge in [-0.2, -0.15) is 0 Å². The molecule has 17 heavy (non-hydrogen) atoms. The third-order valence-electron chi connectivity index (χ3n) is 3.44. The number of hydrogen-bond donors (Lipinski definition) is 1. The van der Waals surface area contributed by atoms with Crippen LogP contribution in [0.5, 0.6) is 0 Å². The third-order valence-corrected chi connectivity index (χ3v) is 3.44. The van der Waals surface area contributed by atoms with E-state index in [1.165, 1.54) is 20.0 Å². The van der Waals surface area contributed by atoms with E-state index in [1.54, 1.807) is 6.92 Å². The Morgan fingerprint density at radius 1 is 1.65 bits per heavy atom. The molecule has 0 bridgehead atoms. The van der Waals surface area contributed by atoms with Crippen LogP contribution in [0.4, 0.5) is 0 Å². The van der Waals surface area contributed by atoms with Gasteiger partial charge in [0.05, 0.1) is 7.11 Å². The van der Waals surface area contributed by atoms with Crippen molar-refractivity contribution in [1.82, 2.24) is 9.80 Å². The quantitative estimate of drug-likeness (QED) is 0.684. The van der Waals surface area contributed by atoms with Crippen molar-refractivity contribution in [3.8, 4) is 0 Å². The van der Waals surface area contributed by atoms with Crippen LogP contribution >= 0.6 is 0 Å².